The second kappa shape index (κ2) is 20.3. The van der Waals surface area contributed by atoms with E-state index in [2.05, 4.69) is 40.7 Å². The maximum atomic E-state index is 11.5. The molecule has 0 aromatic rings. The summed E-state index contributed by atoms with van der Waals surface area (Å²) in [6.45, 7) is 8.80. The smallest absolute Gasteiger partial charge is 0.468 e. The summed E-state index contributed by atoms with van der Waals surface area (Å²) in [7, 11) is -1.88. The minimum Gasteiger partial charge on any atom is -0.468 e. The van der Waals surface area contributed by atoms with Gasteiger partial charge in [0.15, 0.2) is 0 Å². The molecular weight excluding hydrogens is 543 g/mol. The van der Waals surface area contributed by atoms with Crippen LogP contribution in [0, 0.1) is 20.5 Å². The molecule has 14 nitrogen and oxygen atoms in total. The Balaban J connectivity index is -0.000000686. The van der Waals surface area contributed by atoms with Crippen molar-refractivity contribution in [3.05, 3.63) is 0 Å². The molecular formula is C16H34Cl2CuN4O10. The van der Waals surface area contributed by atoms with Crippen LogP contribution >= 0.6 is 0 Å². The average Bonchev–Trinajstić information content (AvgIpc) is 2.60. The predicted molar refractivity (Wildman–Crippen MR) is 90.2 cm³/mol. The molecule has 1 heterocycles. The van der Waals surface area contributed by atoms with Crippen LogP contribution in [-0.4, -0.2) is 113 Å². The molecule has 1 fully saturated rings. The molecule has 1 aliphatic heterocycles. The van der Waals surface area contributed by atoms with Gasteiger partial charge in [-0.3, -0.25) is 9.69 Å². The number of rotatable bonds is 2. The second-order valence-corrected chi connectivity index (χ2v) is 8.74. The number of methoxy groups -OCH3 is 1. The maximum absolute atomic E-state index is 11.5. The maximum Gasteiger partial charge on any atom is 2.00 e. The van der Waals surface area contributed by atoms with Gasteiger partial charge in [0, 0.05) is 32.7 Å². The van der Waals surface area contributed by atoms with Crippen molar-refractivity contribution in [2.75, 3.05) is 87.2 Å². The number of carbonyl (C=O) groups excluding carboxylic acids is 1. The summed E-state index contributed by atoms with van der Waals surface area (Å²) in [5.74, 6) is -0.140. The fraction of sp³-hybridized carbons (Fsp3) is 0.938. The van der Waals surface area contributed by atoms with Gasteiger partial charge in [-0.05, 0) is 53.6 Å². The molecule has 0 aromatic heterocycles. The Bertz CT molecular complexity index is 465. The SMILES string of the molecule is COC(=O)CN1CCCN(C)CCN(C)CCCN(C)CC1.[Cu+2].[O-][Cl+3]([O-])([O-])[O-].[O-][Cl+3]([O-])([O-])[O-]. The van der Waals surface area contributed by atoms with Crippen molar-refractivity contribution in [1.29, 1.82) is 0 Å². The van der Waals surface area contributed by atoms with Gasteiger partial charge in [-0.1, -0.05) is 0 Å². The molecule has 1 radical (unpaired) electrons. The van der Waals surface area contributed by atoms with E-state index < -0.39 is 20.5 Å². The average molecular weight is 577 g/mol. The zero-order chi connectivity index (χ0) is 25.4. The molecule has 0 N–H and O–H groups in total. The Morgan fingerprint density at radius 1 is 0.667 bits per heavy atom. The zero-order valence-electron chi connectivity index (χ0n) is 19.2. The number of hydrogen-bond acceptors (Lipinski definition) is 14. The molecule has 0 spiro atoms. The fourth-order valence-corrected chi connectivity index (χ4v) is 2.68. The third-order valence-electron chi connectivity index (χ3n) is 4.34. The van der Waals surface area contributed by atoms with Crippen LogP contribution in [0.15, 0.2) is 0 Å². The molecule has 0 atom stereocenters. The normalized spacial score (nSPS) is 19.0. The van der Waals surface area contributed by atoms with Crippen LogP contribution in [-0.2, 0) is 26.6 Å². The van der Waals surface area contributed by atoms with Crippen molar-refractivity contribution in [3.8, 4) is 0 Å². The summed E-state index contributed by atoms with van der Waals surface area (Å²) in [5, 5.41) is 0. The third-order valence-corrected chi connectivity index (χ3v) is 4.34. The quantitative estimate of drug-likeness (QED) is 0.220. The Morgan fingerprint density at radius 3 is 1.30 bits per heavy atom. The zero-order valence-corrected chi connectivity index (χ0v) is 21.7. The van der Waals surface area contributed by atoms with E-state index in [0.29, 0.717) is 6.54 Å². The molecule has 1 rings (SSSR count). The van der Waals surface area contributed by atoms with Gasteiger partial charge in [-0.25, -0.2) is 37.3 Å². The van der Waals surface area contributed by atoms with Crippen molar-refractivity contribution in [2.24, 2.45) is 0 Å². The first-order valence-corrected chi connectivity index (χ1v) is 12.1. The van der Waals surface area contributed by atoms with Gasteiger partial charge in [0.1, 0.15) is 0 Å². The summed E-state index contributed by atoms with van der Waals surface area (Å²) < 4.78 is 72.8. The largest absolute Gasteiger partial charge is 2.00 e. The molecule has 0 aromatic carbocycles. The van der Waals surface area contributed by atoms with Crippen molar-refractivity contribution >= 4 is 5.97 Å². The number of nitrogens with zero attached hydrogens (tertiary/aromatic N) is 4. The second-order valence-electron chi connectivity index (χ2n) is 7.23. The number of ether oxygens (including phenoxy) is 1. The molecule has 0 bridgehead atoms. The van der Waals surface area contributed by atoms with Crippen molar-refractivity contribution in [1.82, 2.24) is 19.6 Å². The van der Waals surface area contributed by atoms with Crippen molar-refractivity contribution in [3.63, 3.8) is 0 Å². The van der Waals surface area contributed by atoms with Crippen LogP contribution in [0.4, 0.5) is 0 Å². The molecule has 203 valence electrons. The Morgan fingerprint density at radius 2 is 0.970 bits per heavy atom. The van der Waals surface area contributed by atoms with Gasteiger partial charge in [-0.2, -0.15) is 0 Å². The molecule has 0 saturated carbocycles. The van der Waals surface area contributed by atoms with E-state index >= 15 is 0 Å². The molecule has 1 saturated heterocycles. The van der Waals surface area contributed by atoms with Crippen LogP contribution in [0.5, 0.6) is 0 Å². The van der Waals surface area contributed by atoms with E-state index in [9.17, 15) is 4.79 Å². The van der Waals surface area contributed by atoms with Crippen LogP contribution in [0.2, 0.25) is 0 Å². The Hall–Kier alpha value is 0.0895. The van der Waals surface area contributed by atoms with E-state index in [1.165, 1.54) is 13.5 Å². The van der Waals surface area contributed by atoms with Crippen LogP contribution in [0.3, 0.4) is 0 Å². The Kier molecular flexibility index (Phi) is 23.1. The topological polar surface area (TPSA) is 224 Å². The number of esters is 1. The summed E-state index contributed by atoms with van der Waals surface area (Å²) in [6, 6.07) is 0. The molecule has 0 unspecified atom stereocenters. The number of halogens is 2. The minimum absolute atomic E-state index is 0. The van der Waals surface area contributed by atoms with E-state index in [1.54, 1.807) is 0 Å². The first kappa shape index (κ1) is 37.6. The van der Waals surface area contributed by atoms with Gasteiger partial charge >= 0.3 is 23.0 Å². The van der Waals surface area contributed by atoms with Gasteiger partial charge < -0.3 is 19.4 Å². The predicted octanol–water partition coefficient (Wildman–Crippen LogP) is -9.46. The molecule has 1 aliphatic rings. The van der Waals surface area contributed by atoms with Crippen LogP contribution in [0.1, 0.15) is 12.8 Å². The monoisotopic (exact) mass is 575 g/mol. The number of carbonyl (C=O) groups is 1. The van der Waals surface area contributed by atoms with E-state index in [4.69, 9.17) is 42.0 Å². The van der Waals surface area contributed by atoms with Crippen molar-refractivity contribution < 1.29 is 84.4 Å². The van der Waals surface area contributed by atoms with Gasteiger partial charge in [0.25, 0.3) is 0 Å². The number of hydrogen-bond donors (Lipinski definition) is 0. The van der Waals surface area contributed by atoms with Gasteiger partial charge in [0.2, 0.25) is 0 Å². The van der Waals surface area contributed by atoms with E-state index in [1.807, 2.05) is 0 Å². The summed E-state index contributed by atoms with van der Waals surface area (Å²) in [6.07, 6.45) is 2.27. The first-order valence-electron chi connectivity index (χ1n) is 9.59. The standard InChI is InChI=1S/C16H34N4O2.2ClHO4.Cu/c1-17-7-5-8-19(3)13-14-20(15-16(21)22-4)10-6-9-18(2)12-11-17;2*2-1(3,4)5;/h5-15H2,1-4H3;2*(H,2,3,4,5);/q;;;+2/p-2. The van der Waals surface area contributed by atoms with Gasteiger partial charge in [0.05, 0.1) is 13.7 Å². The Labute approximate surface area is 209 Å². The van der Waals surface area contributed by atoms with Gasteiger partial charge in [-0.15, -0.1) is 20.5 Å². The summed E-state index contributed by atoms with van der Waals surface area (Å²) in [4.78, 5) is 20.9. The first-order chi connectivity index (χ1) is 14.5. The number of likely N-dealkylation sites (N-methyl/N-ethyl adjacent to an activating group) is 3. The van der Waals surface area contributed by atoms with Crippen LogP contribution < -0.4 is 37.3 Å². The minimum atomic E-state index is -4.94. The summed E-state index contributed by atoms with van der Waals surface area (Å²) >= 11 is 0. The molecule has 0 aliphatic carbocycles. The third kappa shape index (κ3) is 36.8. The van der Waals surface area contributed by atoms with Crippen molar-refractivity contribution in [2.45, 2.75) is 12.8 Å². The fourth-order valence-electron chi connectivity index (χ4n) is 2.68. The summed E-state index contributed by atoms with van der Waals surface area (Å²) in [5.41, 5.74) is 0. The van der Waals surface area contributed by atoms with E-state index in [0.717, 1.165) is 58.8 Å². The van der Waals surface area contributed by atoms with Crippen LogP contribution in [0.25, 0.3) is 0 Å². The molecule has 17 heteroatoms. The molecule has 0 amide bonds. The van der Waals surface area contributed by atoms with E-state index in [-0.39, 0.29) is 23.0 Å². The molecule has 33 heavy (non-hydrogen) atoms.